The van der Waals surface area contributed by atoms with Gasteiger partial charge in [0.2, 0.25) is 0 Å². The fourth-order valence-electron chi connectivity index (χ4n) is 4.23. The van der Waals surface area contributed by atoms with Crippen LogP contribution in [0.4, 0.5) is 0 Å². The van der Waals surface area contributed by atoms with Crippen molar-refractivity contribution in [3.8, 4) is 0 Å². The minimum Gasteiger partial charge on any atom is -0.329 e. The molecule has 20 heavy (non-hydrogen) atoms. The Labute approximate surface area is 126 Å². The molecule has 2 nitrogen and oxygen atoms in total. The SMILES string of the molecule is NCC1CCCCN1C1CCCCCCCCCCC1. The second-order valence-electron chi connectivity index (χ2n) is 7.04. The molecule has 2 aliphatic rings. The average Bonchev–Trinajstić information content (AvgIpc) is 2.48. The predicted molar refractivity (Wildman–Crippen MR) is 88.0 cm³/mol. The van der Waals surface area contributed by atoms with Gasteiger partial charge in [-0.25, -0.2) is 0 Å². The van der Waals surface area contributed by atoms with Crippen LogP contribution in [0.3, 0.4) is 0 Å². The van der Waals surface area contributed by atoms with Gasteiger partial charge in [0.15, 0.2) is 0 Å². The molecule has 1 saturated heterocycles. The van der Waals surface area contributed by atoms with E-state index >= 15 is 0 Å². The Morgan fingerprint density at radius 3 is 1.70 bits per heavy atom. The van der Waals surface area contributed by atoms with Crippen molar-refractivity contribution in [2.75, 3.05) is 13.1 Å². The summed E-state index contributed by atoms with van der Waals surface area (Å²) in [6.45, 7) is 2.18. The zero-order valence-electron chi connectivity index (χ0n) is 13.5. The molecule has 1 aliphatic carbocycles. The van der Waals surface area contributed by atoms with Crippen LogP contribution in [0.15, 0.2) is 0 Å². The van der Waals surface area contributed by atoms with Gasteiger partial charge in [0.05, 0.1) is 0 Å². The van der Waals surface area contributed by atoms with Gasteiger partial charge in [-0.3, -0.25) is 4.90 Å². The van der Waals surface area contributed by atoms with Crippen LogP contribution in [0.1, 0.15) is 89.9 Å². The maximum absolute atomic E-state index is 6.03. The highest BCUT2D eigenvalue weighted by molar-refractivity contribution is 4.83. The van der Waals surface area contributed by atoms with Crippen LogP contribution in [0.5, 0.6) is 0 Å². The summed E-state index contributed by atoms with van der Waals surface area (Å²) in [5.74, 6) is 0. The number of nitrogens with zero attached hydrogens (tertiary/aromatic N) is 1. The maximum atomic E-state index is 6.03. The molecular formula is C18H36N2. The zero-order valence-corrected chi connectivity index (χ0v) is 13.5. The highest BCUT2D eigenvalue weighted by atomic mass is 15.2. The molecule has 1 heterocycles. The second kappa shape index (κ2) is 9.78. The molecule has 2 fully saturated rings. The summed E-state index contributed by atoms with van der Waals surface area (Å²) in [7, 11) is 0. The van der Waals surface area contributed by atoms with Crippen molar-refractivity contribution in [3.63, 3.8) is 0 Å². The smallest absolute Gasteiger partial charge is 0.0221 e. The van der Waals surface area contributed by atoms with E-state index < -0.39 is 0 Å². The highest BCUT2D eigenvalue weighted by Gasteiger charge is 2.27. The van der Waals surface area contributed by atoms with Crippen molar-refractivity contribution in [2.24, 2.45) is 5.73 Å². The number of likely N-dealkylation sites (tertiary alicyclic amines) is 1. The molecule has 0 radical (unpaired) electrons. The Kier molecular flexibility index (Phi) is 7.97. The quantitative estimate of drug-likeness (QED) is 0.808. The van der Waals surface area contributed by atoms with Crippen molar-refractivity contribution < 1.29 is 0 Å². The lowest BCUT2D eigenvalue weighted by molar-refractivity contribution is 0.0849. The summed E-state index contributed by atoms with van der Waals surface area (Å²) in [6, 6.07) is 1.52. The highest BCUT2D eigenvalue weighted by Crippen LogP contribution is 2.26. The largest absolute Gasteiger partial charge is 0.329 e. The lowest BCUT2D eigenvalue weighted by Gasteiger charge is -2.41. The molecule has 118 valence electrons. The summed E-state index contributed by atoms with van der Waals surface area (Å²) in [5.41, 5.74) is 6.03. The molecule has 1 aliphatic heterocycles. The number of nitrogens with two attached hydrogens (primary N) is 1. The Hall–Kier alpha value is -0.0800. The van der Waals surface area contributed by atoms with Crippen LogP contribution in [0.2, 0.25) is 0 Å². The van der Waals surface area contributed by atoms with Gasteiger partial charge < -0.3 is 5.73 Å². The number of hydrogen-bond acceptors (Lipinski definition) is 2. The molecule has 1 saturated carbocycles. The third-order valence-electron chi connectivity index (χ3n) is 5.49. The number of hydrogen-bond donors (Lipinski definition) is 1. The molecule has 0 aromatic carbocycles. The van der Waals surface area contributed by atoms with Gasteiger partial charge in [0.25, 0.3) is 0 Å². The minimum atomic E-state index is 0.682. The summed E-state index contributed by atoms with van der Waals surface area (Å²) >= 11 is 0. The van der Waals surface area contributed by atoms with Gasteiger partial charge in [-0.05, 0) is 32.2 Å². The summed E-state index contributed by atoms with van der Waals surface area (Å²) in [6.07, 6.45) is 20.1. The van der Waals surface area contributed by atoms with E-state index in [2.05, 4.69) is 4.90 Å². The molecule has 0 bridgehead atoms. The first kappa shape index (κ1) is 16.3. The molecule has 2 N–H and O–H groups in total. The molecule has 1 atom stereocenters. The molecule has 1 unspecified atom stereocenters. The Morgan fingerprint density at radius 2 is 1.15 bits per heavy atom. The monoisotopic (exact) mass is 280 g/mol. The first-order valence-corrected chi connectivity index (χ1v) is 9.37. The van der Waals surface area contributed by atoms with E-state index in [4.69, 9.17) is 5.73 Å². The Balaban J connectivity index is 1.86. The molecule has 2 heteroatoms. The summed E-state index contributed by atoms with van der Waals surface area (Å²) < 4.78 is 0. The average molecular weight is 280 g/mol. The molecule has 2 rings (SSSR count). The molecule has 0 aromatic heterocycles. The van der Waals surface area contributed by atoms with E-state index in [9.17, 15) is 0 Å². The lowest BCUT2D eigenvalue weighted by atomic mass is 9.93. The van der Waals surface area contributed by atoms with Crippen LogP contribution in [-0.4, -0.2) is 30.1 Å². The molecule has 0 spiro atoms. The number of rotatable bonds is 2. The Bertz CT molecular complexity index is 230. The first-order chi connectivity index (χ1) is 9.92. The third kappa shape index (κ3) is 5.37. The Morgan fingerprint density at radius 1 is 0.650 bits per heavy atom. The van der Waals surface area contributed by atoms with Crippen LogP contribution >= 0.6 is 0 Å². The van der Waals surface area contributed by atoms with E-state index in [1.54, 1.807) is 0 Å². The van der Waals surface area contributed by atoms with Crippen LogP contribution in [0, 0.1) is 0 Å². The molecule has 0 amide bonds. The van der Waals surface area contributed by atoms with Gasteiger partial charge in [-0.1, -0.05) is 64.2 Å². The van der Waals surface area contributed by atoms with Gasteiger partial charge in [0, 0.05) is 18.6 Å². The lowest BCUT2D eigenvalue weighted by Crippen LogP contribution is -2.49. The van der Waals surface area contributed by atoms with Gasteiger partial charge in [-0.2, -0.15) is 0 Å². The van der Waals surface area contributed by atoms with E-state index in [1.165, 1.54) is 96.4 Å². The van der Waals surface area contributed by atoms with E-state index in [-0.39, 0.29) is 0 Å². The minimum absolute atomic E-state index is 0.682. The fourth-order valence-corrected chi connectivity index (χ4v) is 4.23. The molecule has 0 aromatic rings. The van der Waals surface area contributed by atoms with Crippen LogP contribution in [0.25, 0.3) is 0 Å². The van der Waals surface area contributed by atoms with Crippen molar-refractivity contribution in [2.45, 2.75) is 102 Å². The van der Waals surface area contributed by atoms with Crippen molar-refractivity contribution >= 4 is 0 Å². The summed E-state index contributed by atoms with van der Waals surface area (Å²) in [4.78, 5) is 2.80. The van der Waals surface area contributed by atoms with Gasteiger partial charge in [-0.15, -0.1) is 0 Å². The van der Waals surface area contributed by atoms with Crippen LogP contribution < -0.4 is 5.73 Å². The normalized spacial score (nSPS) is 29.6. The van der Waals surface area contributed by atoms with Crippen LogP contribution in [-0.2, 0) is 0 Å². The standard InChI is InChI=1S/C18H36N2/c19-16-18-14-10-11-15-20(18)17-12-8-6-4-2-1-3-5-7-9-13-17/h17-18H,1-16,19H2. The fraction of sp³-hybridized carbons (Fsp3) is 1.00. The van der Waals surface area contributed by atoms with Crippen molar-refractivity contribution in [3.05, 3.63) is 0 Å². The van der Waals surface area contributed by atoms with Gasteiger partial charge >= 0.3 is 0 Å². The first-order valence-electron chi connectivity index (χ1n) is 9.37. The van der Waals surface area contributed by atoms with E-state index in [1.807, 2.05) is 0 Å². The predicted octanol–water partition coefficient (Wildman–Crippen LogP) is 4.47. The number of piperidine rings is 1. The van der Waals surface area contributed by atoms with Crippen molar-refractivity contribution in [1.29, 1.82) is 0 Å². The third-order valence-corrected chi connectivity index (χ3v) is 5.49. The second-order valence-corrected chi connectivity index (χ2v) is 7.04. The van der Waals surface area contributed by atoms with E-state index in [0.717, 1.165) is 12.6 Å². The maximum Gasteiger partial charge on any atom is 0.0221 e. The topological polar surface area (TPSA) is 29.3 Å². The van der Waals surface area contributed by atoms with Gasteiger partial charge in [0.1, 0.15) is 0 Å². The zero-order chi connectivity index (χ0) is 14.0. The summed E-state index contributed by atoms with van der Waals surface area (Å²) in [5, 5.41) is 0. The molecular weight excluding hydrogens is 244 g/mol. The van der Waals surface area contributed by atoms with Crippen molar-refractivity contribution in [1.82, 2.24) is 4.90 Å². The van der Waals surface area contributed by atoms with E-state index in [0.29, 0.717) is 6.04 Å².